The second kappa shape index (κ2) is 6.50. The predicted octanol–water partition coefficient (Wildman–Crippen LogP) is 3.37. The van der Waals surface area contributed by atoms with E-state index in [-0.39, 0.29) is 18.3 Å². The molecule has 0 saturated heterocycles. The van der Waals surface area contributed by atoms with E-state index in [1.54, 1.807) is 37.3 Å². The summed E-state index contributed by atoms with van der Waals surface area (Å²) in [5.41, 5.74) is 2.61. The number of aryl methyl sites for hydroxylation is 1. The lowest BCUT2D eigenvalue weighted by molar-refractivity contribution is -0.117. The first kappa shape index (κ1) is 15.2. The number of rotatable bonds is 4. The monoisotopic (exact) mass is 287 g/mol. The number of carbonyl (C=O) groups is 1. The van der Waals surface area contributed by atoms with Crippen LogP contribution in [0, 0.1) is 12.7 Å². The zero-order chi connectivity index (χ0) is 15.4. The zero-order valence-electron chi connectivity index (χ0n) is 12.1. The van der Waals surface area contributed by atoms with Crippen LogP contribution in [-0.4, -0.2) is 11.0 Å². The van der Waals surface area contributed by atoms with E-state index in [0.29, 0.717) is 11.3 Å². The molecule has 2 aromatic carbocycles. The normalized spacial score (nSPS) is 12.0. The molecule has 1 atom stereocenters. The number of benzene rings is 2. The topological polar surface area (TPSA) is 49.3 Å². The lowest BCUT2D eigenvalue weighted by Gasteiger charge is -2.15. The van der Waals surface area contributed by atoms with Gasteiger partial charge >= 0.3 is 0 Å². The molecule has 0 aliphatic rings. The fraction of sp³-hybridized carbons (Fsp3) is 0.235. The summed E-state index contributed by atoms with van der Waals surface area (Å²) in [4.78, 5) is 12.3. The summed E-state index contributed by atoms with van der Waals surface area (Å²) < 4.78 is 13.7. The Morgan fingerprint density at radius 2 is 2.00 bits per heavy atom. The standard InChI is InChI=1S/C17H18FNO2/c1-11-7-8-13(10-20)9-16(11)19-17(21)12(2)14-5-3-4-6-15(14)18/h3-9,12,20H,10H2,1-2H3,(H,19,21). The highest BCUT2D eigenvalue weighted by molar-refractivity contribution is 5.96. The quantitative estimate of drug-likeness (QED) is 0.905. The fourth-order valence-corrected chi connectivity index (χ4v) is 2.11. The first-order valence-corrected chi connectivity index (χ1v) is 6.78. The van der Waals surface area contributed by atoms with Gasteiger partial charge in [-0.2, -0.15) is 0 Å². The molecule has 2 rings (SSSR count). The third-order valence-corrected chi connectivity index (χ3v) is 3.51. The molecule has 3 nitrogen and oxygen atoms in total. The zero-order valence-corrected chi connectivity index (χ0v) is 12.1. The van der Waals surface area contributed by atoms with Gasteiger partial charge in [0.2, 0.25) is 5.91 Å². The van der Waals surface area contributed by atoms with E-state index >= 15 is 0 Å². The molecule has 0 aliphatic carbocycles. The molecule has 1 unspecified atom stereocenters. The van der Waals surface area contributed by atoms with Gasteiger partial charge in [0.15, 0.2) is 0 Å². The average Bonchev–Trinajstić information content (AvgIpc) is 2.49. The van der Waals surface area contributed by atoms with Gasteiger partial charge in [0.05, 0.1) is 12.5 Å². The van der Waals surface area contributed by atoms with E-state index < -0.39 is 5.92 Å². The van der Waals surface area contributed by atoms with Gasteiger partial charge in [-0.1, -0.05) is 30.3 Å². The maximum Gasteiger partial charge on any atom is 0.231 e. The van der Waals surface area contributed by atoms with Crippen LogP contribution in [0.5, 0.6) is 0 Å². The van der Waals surface area contributed by atoms with E-state index in [1.165, 1.54) is 6.07 Å². The number of hydrogen-bond acceptors (Lipinski definition) is 2. The van der Waals surface area contributed by atoms with Crippen molar-refractivity contribution in [2.75, 3.05) is 5.32 Å². The molecule has 2 aromatic rings. The molecular formula is C17H18FNO2. The SMILES string of the molecule is Cc1ccc(CO)cc1NC(=O)C(C)c1ccccc1F. The van der Waals surface area contributed by atoms with Crippen LogP contribution in [0.25, 0.3) is 0 Å². The van der Waals surface area contributed by atoms with Crippen molar-refractivity contribution < 1.29 is 14.3 Å². The van der Waals surface area contributed by atoms with Crippen molar-refractivity contribution in [3.63, 3.8) is 0 Å². The Balaban J connectivity index is 2.20. The Kier molecular flexibility index (Phi) is 4.70. The van der Waals surface area contributed by atoms with Crippen molar-refractivity contribution in [3.05, 3.63) is 65.0 Å². The third kappa shape index (κ3) is 3.47. The molecular weight excluding hydrogens is 269 g/mol. The number of amides is 1. The molecule has 0 fully saturated rings. The van der Waals surface area contributed by atoms with E-state index in [2.05, 4.69) is 5.32 Å². The molecule has 1 amide bonds. The minimum atomic E-state index is -0.594. The van der Waals surface area contributed by atoms with Gasteiger partial charge < -0.3 is 10.4 Å². The lowest BCUT2D eigenvalue weighted by Crippen LogP contribution is -2.20. The second-order valence-electron chi connectivity index (χ2n) is 5.04. The van der Waals surface area contributed by atoms with E-state index in [9.17, 15) is 9.18 Å². The first-order chi connectivity index (χ1) is 10.0. The number of halogens is 1. The number of aliphatic hydroxyl groups excluding tert-OH is 1. The maximum atomic E-state index is 13.7. The number of aliphatic hydroxyl groups is 1. The van der Waals surface area contributed by atoms with Crippen molar-refractivity contribution >= 4 is 11.6 Å². The minimum Gasteiger partial charge on any atom is -0.392 e. The van der Waals surface area contributed by atoms with Gasteiger partial charge in [0.1, 0.15) is 5.82 Å². The van der Waals surface area contributed by atoms with Crippen molar-refractivity contribution in [2.45, 2.75) is 26.4 Å². The third-order valence-electron chi connectivity index (χ3n) is 3.51. The summed E-state index contributed by atoms with van der Waals surface area (Å²) in [7, 11) is 0. The van der Waals surface area contributed by atoms with E-state index in [1.807, 2.05) is 13.0 Å². The van der Waals surface area contributed by atoms with Gasteiger partial charge in [-0.15, -0.1) is 0 Å². The molecule has 0 spiro atoms. The highest BCUT2D eigenvalue weighted by Crippen LogP contribution is 2.23. The molecule has 0 radical (unpaired) electrons. The highest BCUT2D eigenvalue weighted by Gasteiger charge is 2.19. The first-order valence-electron chi connectivity index (χ1n) is 6.78. The average molecular weight is 287 g/mol. The highest BCUT2D eigenvalue weighted by atomic mass is 19.1. The van der Waals surface area contributed by atoms with Crippen LogP contribution in [-0.2, 0) is 11.4 Å². The Hall–Kier alpha value is -2.20. The van der Waals surface area contributed by atoms with Crippen molar-refractivity contribution in [1.29, 1.82) is 0 Å². The Labute approximate surface area is 123 Å². The fourth-order valence-electron chi connectivity index (χ4n) is 2.11. The molecule has 0 saturated carbocycles. The Bertz CT molecular complexity index is 655. The van der Waals surface area contributed by atoms with Gasteiger partial charge in [-0.3, -0.25) is 4.79 Å². The summed E-state index contributed by atoms with van der Waals surface area (Å²) in [5, 5.41) is 11.9. The summed E-state index contributed by atoms with van der Waals surface area (Å²) in [6, 6.07) is 11.6. The molecule has 0 heterocycles. The van der Waals surface area contributed by atoms with Gasteiger partial charge in [-0.25, -0.2) is 4.39 Å². The molecule has 4 heteroatoms. The molecule has 0 aliphatic heterocycles. The van der Waals surface area contributed by atoms with Crippen LogP contribution in [0.15, 0.2) is 42.5 Å². The van der Waals surface area contributed by atoms with Crippen LogP contribution < -0.4 is 5.32 Å². The number of nitrogens with one attached hydrogen (secondary N) is 1. The van der Waals surface area contributed by atoms with Gasteiger partial charge in [0.25, 0.3) is 0 Å². The van der Waals surface area contributed by atoms with Gasteiger partial charge in [-0.05, 0) is 42.7 Å². The maximum absolute atomic E-state index is 13.7. The smallest absolute Gasteiger partial charge is 0.231 e. The van der Waals surface area contributed by atoms with E-state index in [4.69, 9.17) is 5.11 Å². The van der Waals surface area contributed by atoms with E-state index in [0.717, 1.165) is 11.1 Å². The molecule has 21 heavy (non-hydrogen) atoms. The van der Waals surface area contributed by atoms with Crippen molar-refractivity contribution in [3.8, 4) is 0 Å². The minimum absolute atomic E-state index is 0.0913. The van der Waals surface area contributed by atoms with Crippen LogP contribution in [0.4, 0.5) is 10.1 Å². The molecule has 2 N–H and O–H groups in total. The summed E-state index contributed by atoms with van der Waals surface area (Å²) >= 11 is 0. The second-order valence-corrected chi connectivity index (χ2v) is 5.04. The molecule has 110 valence electrons. The van der Waals surface area contributed by atoms with Crippen molar-refractivity contribution in [2.24, 2.45) is 0 Å². The summed E-state index contributed by atoms with van der Waals surface area (Å²) in [6.07, 6.45) is 0. The molecule has 0 bridgehead atoms. The van der Waals surface area contributed by atoms with Crippen LogP contribution >= 0.6 is 0 Å². The summed E-state index contributed by atoms with van der Waals surface area (Å²) in [6.45, 7) is 3.44. The van der Waals surface area contributed by atoms with Gasteiger partial charge in [0, 0.05) is 5.69 Å². The van der Waals surface area contributed by atoms with Crippen LogP contribution in [0.1, 0.15) is 29.5 Å². The Morgan fingerprint density at radius 1 is 1.29 bits per heavy atom. The van der Waals surface area contributed by atoms with Crippen molar-refractivity contribution in [1.82, 2.24) is 0 Å². The van der Waals surface area contributed by atoms with Crippen LogP contribution in [0.3, 0.4) is 0 Å². The number of hydrogen-bond donors (Lipinski definition) is 2. The lowest BCUT2D eigenvalue weighted by atomic mass is 9.99. The largest absolute Gasteiger partial charge is 0.392 e. The summed E-state index contributed by atoms with van der Waals surface area (Å²) in [5.74, 6) is -1.26. The molecule has 0 aromatic heterocycles. The number of carbonyl (C=O) groups excluding carboxylic acids is 1. The number of anilines is 1. The Morgan fingerprint density at radius 3 is 2.67 bits per heavy atom. The predicted molar refractivity (Wildman–Crippen MR) is 80.5 cm³/mol. The van der Waals surface area contributed by atoms with Crippen LogP contribution in [0.2, 0.25) is 0 Å².